The highest BCUT2D eigenvalue weighted by atomic mass is 35.5. The minimum Gasteiger partial charge on any atom is -0.495 e. The second-order valence-corrected chi connectivity index (χ2v) is 7.77. The van der Waals surface area contributed by atoms with Gasteiger partial charge in [-0.25, -0.2) is 4.90 Å². The summed E-state index contributed by atoms with van der Waals surface area (Å²) in [4.78, 5) is 26.7. The van der Waals surface area contributed by atoms with E-state index in [1.54, 1.807) is 54.6 Å². The monoisotopic (exact) mass is 458 g/mol. The average Bonchev–Trinajstić information content (AvgIpc) is 3.10. The molecule has 1 fully saturated rings. The Morgan fingerprint density at radius 2 is 1.88 bits per heavy atom. The van der Waals surface area contributed by atoms with Gasteiger partial charge in [0.15, 0.2) is 0 Å². The predicted molar refractivity (Wildman–Crippen MR) is 125 cm³/mol. The molecule has 0 aromatic heterocycles. The van der Waals surface area contributed by atoms with Gasteiger partial charge in [-0.1, -0.05) is 41.9 Å². The summed E-state index contributed by atoms with van der Waals surface area (Å²) in [6, 6.07) is 21.2. The molecule has 0 aliphatic carbocycles. The van der Waals surface area contributed by atoms with Crippen LogP contribution in [-0.4, -0.2) is 18.9 Å². The maximum atomic E-state index is 13.0. The molecular weight excluding hydrogens is 440 g/mol. The van der Waals surface area contributed by atoms with Crippen molar-refractivity contribution < 1.29 is 19.1 Å². The van der Waals surface area contributed by atoms with Gasteiger partial charge in [-0.2, -0.15) is 5.26 Å². The van der Waals surface area contributed by atoms with Gasteiger partial charge in [-0.05, 0) is 48.0 Å². The second kappa shape index (κ2) is 9.60. The van der Waals surface area contributed by atoms with E-state index in [1.165, 1.54) is 7.11 Å². The molecule has 0 spiro atoms. The lowest BCUT2D eigenvalue weighted by molar-refractivity contribution is -0.120. The van der Waals surface area contributed by atoms with Crippen LogP contribution < -0.4 is 14.4 Å². The van der Waals surface area contributed by atoms with Crippen molar-refractivity contribution in [3.63, 3.8) is 0 Å². The number of hydrogen-bond donors (Lipinski definition) is 0. The number of amides is 2. The molecule has 0 saturated carbocycles. The number of nitriles is 1. The molecule has 33 heavy (non-hydrogen) atoms. The van der Waals surface area contributed by atoms with E-state index in [1.807, 2.05) is 18.2 Å². The first-order chi connectivity index (χ1) is 16.0. The highest BCUT2D eigenvalue weighted by molar-refractivity contribution is 6.32. The van der Waals surface area contributed by atoms with Gasteiger partial charge < -0.3 is 9.47 Å². The highest BCUT2D eigenvalue weighted by Crippen LogP contribution is 2.31. The molecule has 4 rings (SSSR count). The number of imide groups is 1. The molecule has 0 N–H and O–H groups in total. The summed E-state index contributed by atoms with van der Waals surface area (Å²) in [6.45, 7) is 0.240. The van der Waals surface area contributed by atoms with Crippen molar-refractivity contribution >= 4 is 35.2 Å². The van der Waals surface area contributed by atoms with Gasteiger partial charge in [0.05, 0.1) is 24.8 Å². The van der Waals surface area contributed by atoms with Crippen molar-refractivity contribution in [1.82, 2.24) is 0 Å². The second-order valence-electron chi connectivity index (χ2n) is 7.33. The minimum absolute atomic E-state index is 0.00744. The number of ether oxygens (including phenoxy) is 2. The SMILES string of the molecule is COc1cc(COc2ccccc2/C=C2\CC(=O)N(c3cccc(Cl)c3)C2=O)ccc1C#N. The number of nitrogens with zero attached hydrogens (tertiary/aromatic N) is 2. The van der Waals surface area contributed by atoms with Crippen LogP contribution in [0.2, 0.25) is 5.02 Å². The summed E-state index contributed by atoms with van der Waals surface area (Å²) in [5.41, 5.74) is 2.77. The molecule has 0 bridgehead atoms. The van der Waals surface area contributed by atoms with Crippen molar-refractivity contribution in [3.05, 3.63) is 94.0 Å². The average molecular weight is 459 g/mol. The van der Waals surface area contributed by atoms with E-state index >= 15 is 0 Å². The first-order valence-corrected chi connectivity index (χ1v) is 10.5. The zero-order valence-electron chi connectivity index (χ0n) is 17.7. The molecule has 0 unspecified atom stereocenters. The van der Waals surface area contributed by atoms with Crippen LogP contribution in [0.25, 0.3) is 6.08 Å². The first kappa shape index (κ1) is 22.1. The number of benzene rings is 3. The maximum absolute atomic E-state index is 13.0. The number of rotatable bonds is 6. The third kappa shape index (κ3) is 4.74. The van der Waals surface area contributed by atoms with Crippen LogP contribution in [-0.2, 0) is 16.2 Å². The fourth-order valence-electron chi connectivity index (χ4n) is 3.56. The van der Waals surface area contributed by atoms with Crippen LogP contribution in [0.15, 0.2) is 72.3 Å². The Morgan fingerprint density at radius 3 is 2.64 bits per heavy atom. The molecule has 2 amide bonds. The number of carbonyl (C=O) groups is 2. The Bertz CT molecular complexity index is 1310. The standard InChI is InChI=1S/C26H19ClN2O4/c1-32-24-11-17(9-10-19(24)15-28)16-33-23-8-3-2-5-18(23)12-20-13-25(30)29(26(20)31)22-7-4-6-21(27)14-22/h2-12,14H,13,16H2,1H3/b20-12+. The highest BCUT2D eigenvalue weighted by Gasteiger charge is 2.35. The molecular formula is C26H19ClN2O4. The number of hydrogen-bond acceptors (Lipinski definition) is 5. The van der Waals surface area contributed by atoms with E-state index in [4.69, 9.17) is 26.3 Å². The van der Waals surface area contributed by atoms with Gasteiger partial charge in [-0.15, -0.1) is 0 Å². The summed E-state index contributed by atoms with van der Waals surface area (Å²) in [5, 5.41) is 9.58. The van der Waals surface area contributed by atoms with Crippen molar-refractivity contribution in [3.8, 4) is 17.6 Å². The van der Waals surface area contributed by atoms with Crippen molar-refractivity contribution in [2.24, 2.45) is 0 Å². The van der Waals surface area contributed by atoms with Gasteiger partial charge in [-0.3, -0.25) is 9.59 Å². The van der Waals surface area contributed by atoms with Crippen LogP contribution in [0, 0.1) is 11.3 Å². The maximum Gasteiger partial charge on any atom is 0.261 e. The van der Waals surface area contributed by atoms with Crippen molar-refractivity contribution in [2.45, 2.75) is 13.0 Å². The Morgan fingerprint density at radius 1 is 1.06 bits per heavy atom. The molecule has 6 nitrogen and oxygen atoms in total. The number of carbonyl (C=O) groups excluding carboxylic acids is 2. The topological polar surface area (TPSA) is 79.6 Å². The number of para-hydroxylation sites is 1. The Hall–Kier alpha value is -4.08. The molecule has 0 radical (unpaired) electrons. The zero-order chi connectivity index (χ0) is 23.4. The van der Waals surface area contributed by atoms with E-state index in [9.17, 15) is 9.59 Å². The smallest absolute Gasteiger partial charge is 0.261 e. The van der Waals surface area contributed by atoms with Gasteiger partial charge in [0.25, 0.3) is 5.91 Å². The van der Waals surface area contributed by atoms with E-state index < -0.39 is 0 Å². The van der Waals surface area contributed by atoms with Gasteiger partial charge in [0.1, 0.15) is 24.2 Å². The lowest BCUT2D eigenvalue weighted by Crippen LogP contribution is -2.28. The van der Waals surface area contributed by atoms with Crippen LogP contribution in [0.3, 0.4) is 0 Å². The van der Waals surface area contributed by atoms with Crippen LogP contribution in [0.1, 0.15) is 23.1 Å². The summed E-state index contributed by atoms with van der Waals surface area (Å²) in [6.07, 6.45) is 1.67. The number of halogens is 1. The largest absolute Gasteiger partial charge is 0.495 e. The van der Waals surface area contributed by atoms with Gasteiger partial charge >= 0.3 is 0 Å². The normalized spacial score (nSPS) is 14.5. The van der Waals surface area contributed by atoms with Gasteiger partial charge in [0.2, 0.25) is 5.91 Å². The quantitative estimate of drug-likeness (QED) is 0.377. The zero-order valence-corrected chi connectivity index (χ0v) is 18.5. The Balaban J connectivity index is 1.56. The lowest BCUT2D eigenvalue weighted by Gasteiger charge is -2.13. The van der Waals surface area contributed by atoms with Crippen molar-refractivity contribution in [1.29, 1.82) is 5.26 Å². The molecule has 1 aliphatic rings. The first-order valence-electron chi connectivity index (χ1n) is 10.1. The molecule has 3 aromatic carbocycles. The molecule has 1 aliphatic heterocycles. The lowest BCUT2D eigenvalue weighted by atomic mass is 10.1. The minimum atomic E-state index is -0.381. The molecule has 164 valence electrons. The number of methoxy groups -OCH3 is 1. The van der Waals surface area contributed by atoms with E-state index in [0.29, 0.717) is 38.9 Å². The fourth-order valence-corrected chi connectivity index (χ4v) is 3.75. The molecule has 0 atom stereocenters. The van der Waals surface area contributed by atoms with Crippen LogP contribution in [0.4, 0.5) is 5.69 Å². The summed E-state index contributed by atoms with van der Waals surface area (Å²) in [5.74, 6) is 0.352. The molecule has 1 saturated heterocycles. The van der Waals surface area contributed by atoms with Crippen LogP contribution in [0.5, 0.6) is 11.5 Å². The fraction of sp³-hybridized carbons (Fsp3) is 0.115. The van der Waals surface area contributed by atoms with Gasteiger partial charge in [0, 0.05) is 16.2 Å². The third-order valence-electron chi connectivity index (χ3n) is 5.16. The third-order valence-corrected chi connectivity index (χ3v) is 5.40. The van der Waals surface area contributed by atoms with E-state index in [0.717, 1.165) is 10.5 Å². The number of anilines is 1. The predicted octanol–water partition coefficient (Wildman–Crippen LogP) is 5.15. The molecule has 1 heterocycles. The Labute approximate surface area is 196 Å². The molecule has 3 aromatic rings. The summed E-state index contributed by atoms with van der Waals surface area (Å²) < 4.78 is 11.2. The summed E-state index contributed by atoms with van der Waals surface area (Å²) >= 11 is 6.02. The van der Waals surface area contributed by atoms with Crippen molar-refractivity contribution in [2.75, 3.05) is 12.0 Å². The van der Waals surface area contributed by atoms with E-state index in [2.05, 4.69) is 6.07 Å². The Kier molecular flexibility index (Phi) is 6.43. The molecule has 7 heteroatoms. The van der Waals surface area contributed by atoms with Crippen LogP contribution >= 0.6 is 11.6 Å². The van der Waals surface area contributed by atoms with E-state index in [-0.39, 0.29) is 24.8 Å². The summed E-state index contributed by atoms with van der Waals surface area (Å²) in [7, 11) is 1.51.